The molecule has 24 heavy (non-hydrogen) atoms. The molecule has 0 saturated carbocycles. The van der Waals surface area contributed by atoms with Crippen LogP contribution >= 0.6 is 0 Å². The summed E-state index contributed by atoms with van der Waals surface area (Å²) in [4.78, 5) is 14.7. The molecule has 0 fully saturated rings. The number of nitrogens with zero attached hydrogens (tertiary/aromatic N) is 1. The molecule has 2 heteroatoms. The van der Waals surface area contributed by atoms with Gasteiger partial charge in [-0.1, -0.05) is 83.3 Å². The van der Waals surface area contributed by atoms with Gasteiger partial charge >= 0.3 is 0 Å². The molecule has 0 saturated heterocycles. The Hall–Kier alpha value is -2.35. The van der Waals surface area contributed by atoms with Crippen molar-refractivity contribution in [3.8, 4) is 0 Å². The smallest absolute Gasteiger partial charge is 0.230 e. The number of hydrogen-bond acceptors (Lipinski definition) is 1. The molecule has 0 radical (unpaired) electrons. The second-order valence-corrected chi connectivity index (χ2v) is 5.51. The number of hydrogen-bond donors (Lipinski definition) is 0. The third-order valence-electron chi connectivity index (χ3n) is 4.13. The van der Waals surface area contributed by atoms with Crippen LogP contribution in [0.2, 0.25) is 0 Å². The minimum atomic E-state index is -0.0171. The molecule has 1 atom stereocenters. The average Bonchev–Trinajstić information content (AvgIpc) is 2.63. The lowest BCUT2D eigenvalue weighted by molar-refractivity contribution is -0.133. The number of amides is 1. The van der Waals surface area contributed by atoms with Crippen molar-refractivity contribution in [3.63, 3.8) is 0 Å². The molecule has 1 unspecified atom stereocenters. The van der Waals surface area contributed by atoms with E-state index in [1.54, 1.807) is 12.2 Å². The van der Waals surface area contributed by atoms with Crippen molar-refractivity contribution < 1.29 is 4.79 Å². The SMILES string of the molecule is C=CC1=C(\C=C)N(C(=O)C(C)CC)Cc2ccccc2/C=C\1.CC. The van der Waals surface area contributed by atoms with Gasteiger partial charge in [-0.2, -0.15) is 0 Å². The molecule has 0 bridgehead atoms. The van der Waals surface area contributed by atoms with Crippen LogP contribution in [0, 0.1) is 5.92 Å². The molecule has 0 spiro atoms. The summed E-state index contributed by atoms with van der Waals surface area (Å²) < 4.78 is 0. The molecule has 1 aliphatic heterocycles. The van der Waals surface area contributed by atoms with Crippen LogP contribution in [0.15, 0.2) is 66.9 Å². The van der Waals surface area contributed by atoms with Crippen LogP contribution in [0.4, 0.5) is 0 Å². The van der Waals surface area contributed by atoms with Crippen molar-refractivity contribution in [2.24, 2.45) is 5.92 Å². The highest BCUT2D eigenvalue weighted by molar-refractivity contribution is 5.82. The summed E-state index contributed by atoms with van der Waals surface area (Å²) in [6.07, 6.45) is 8.41. The number of rotatable bonds is 4. The third-order valence-corrected chi connectivity index (χ3v) is 4.13. The monoisotopic (exact) mass is 323 g/mol. The van der Waals surface area contributed by atoms with E-state index in [2.05, 4.69) is 31.4 Å². The van der Waals surface area contributed by atoms with Gasteiger partial charge in [0.1, 0.15) is 0 Å². The predicted octanol–water partition coefficient (Wildman–Crippen LogP) is 5.74. The van der Waals surface area contributed by atoms with Crippen LogP contribution < -0.4 is 0 Å². The minimum absolute atomic E-state index is 0.0171. The van der Waals surface area contributed by atoms with Gasteiger partial charge in [-0.15, -0.1) is 0 Å². The molecule has 0 N–H and O–H groups in total. The molecule has 1 amide bonds. The van der Waals surface area contributed by atoms with Crippen LogP contribution in [-0.2, 0) is 11.3 Å². The maximum absolute atomic E-state index is 12.8. The van der Waals surface area contributed by atoms with Crippen molar-refractivity contribution in [2.75, 3.05) is 0 Å². The minimum Gasteiger partial charge on any atom is -0.307 e. The van der Waals surface area contributed by atoms with E-state index in [0.717, 1.165) is 28.8 Å². The Morgan fingerprint density at radius 2 is 1.88 bits per heavy atom. The zero-order valence-corrected chi connectivity index (χ0v) is 15.4. The van der Waals surface area contributed by atoms with Gasteiger partial charge in [0.2, 0.25) is 5.91 Å². The van der Waals surface area contributed by atoms with Crippen molar-refractivity contribution in [3.05, 3.63) is 78.0 Å². The van der Waals surface area contributed by atoms with Gasteiger partial charge in [0, 0.05) is 5.92 Å². The van der Waals surface area contributed by atoms with E-state index in [4.69, 9.17) is 0 Å². The summed E-state index contributed by atoms with van der Waals surface area (Å²) in [6.45, 7) is 16.3. The first-order chi connectivity index (χ1) is 11.6. The lowest BCUT2D eigenvalue weighted by Gasteiger charge is -2.29. The molecular formula is C22H29NO. The first-order valence-corrected chi connectivity index (χ1v) is 8.68. The number of allylic oxidation sites excluding steroid dienone is 4. The molecule has 1 heterocycles. The van der Waals surface area contributed by atoms with E-state index >= 15 is 0 Å². The first kappa shape index (κ1) is 19.7. The molecule has 1 aliphatic rings. The highest BCUT2D eigenvalue weighted by Crippen LogP contribution is 2.26. The zero-order valence-electron chi connectivity index (χ0n) is 15.4. The number of carbonyl (C=O) groups is 1. The normalized spacial score (nSPS) is 18.9. The predicted molar refractivity (Wildman–Crippen MR) is 104 cm³/mol. The molecule has 0 aromatic heterocycles. The maximum atomic E-state index is 12.8. The maximum Gasteiger partial charge on any atom is 0.230 e. The fraction of sp³-hybridized carbons (Fsp3) is 0.318. The van der Waals surface area contributed by atoms with E-state index < -0.39 is 0 Å². The van der Waals surface area contributed by atoms with E-state index in [0.29, 0.717) is 6.54 Å². The Balaban J connectivity index is 0.00000139. The van der Waals surface area contributed by atoms with Crippen LogP contribution in [0.25, 0.3) is 6.08 Å². The van der Waals surface area contributed by atoms with Crippen LogP contribution in [0.1, 0.15) is 45.2 Å². The van der Waals surface area contributed by atoms with E-state index in [1.807, 2.05) is 50.8 Å². The quantitative estimate of drug-likeness (QED) is 0.692. The first-order valence-electron chi connectivity index (χ1n) is 8.68. The molecule has 0 aliphatic carbocycles. The summed E-state index contributed by atoms with van der Waals surface area (Å²) in [6, 6.07) is 8.15. The van der Waals surface area contributed by atoms with E-state index in [-0.39, 0.29) is 11.8 Å². The van der Waals surface area contributed by atoms with Gasteiger partial charge in [0.25, 0.3) is 0 Å². The Bertz CT molecular complexity index is 652. The summed E-state index contributed by atoms with van der Waals surface area (Å²) in [5, 5.41) is 0. The van der Waals surface area contributed by atoms with Gasteiger partial charge < -0.3 is 4.90 Å². The molecule has 128 valence electrons. The van der Waals surface area contributed by atoms with Crippen LogP contribution in [0.3, 0.4) is 0 Å². The Kier molecular flexibility index (Phi) is 7.97. The van der Waals surface area contributed by atoms with Crippen molar-refractivity contribution in [2.45, 2.75) is 40.7 Å². The standard InChI is InChI=1S/C20H23NO.C2H6/c1-5-15(4)20(22)21-14-18-11-9-8-10-17(18)13-12-16(6-2)19(21)7-3;1-2/h6-13,15H,2-3,5,14H2,1,4H3;1-2H3/b13-12-,19-16-;. The van der Waals surface area contributed by atoms with Gasteiger partial charge in [-0.3, -0.25) is 4.79 Å². The van der Waals surface area contributed by atoms with Crippen LogP contribution in [0.5, 0.6) is 0 Å². The van der Waals surface area contributed by atoms with Gasteiger partial charge in [-0.25, -0.2) is 0 Å². The molecule has 2 nitrogen and oxygen atoms in total. The second-order valence-electron chi connectivity index (χ2n) is 5.51. The lowest BCUT2D eigenvalue weighted by atomic mass is 9.99. The molecule has 1 aromatic rings. The summed E-state index contributed by atoms with van der Waals surface area (Å²) in [7, 11) is 0. The fourth-order valence-electron chi connectivity index (χ4n) is 2.56. The van der Waals surface area contributed by atoms with Gasteiger partial charge in [-0.05, 0) is 29.2 Å². The zero-order chi connectivity index (χ0) is 18.1. The lowest BCUT2D eigenvalue weighted by Crippen LogP contribution is -2.34. The average molecular weight is 323 g/mol. The van der Waals surface area contributed by atoms with Crippen molar-refractivity contribution in [1.29, 1.82) is 0 Å². The van der Waals surface area contributed by atoms with Crippen molar-refractivity contribution >= 4 is 12.0 Å². The largest absolute Gasteiger partial charge is 0.307 e. The fourth-order valence-corrected chi connectivity index (χ4v) is 2.56. The summed E-state index contributed by atoms with van der Waals surface area (Å²) in [5.74, 6) is 0.110. The molecule has 1 aromatic carbocycles. The van der Waals surface area contributed by atoms with E-state index in [1.165, 1.54) is 0 Å². The topological polar surface area (TPSA) is 20.3 Å². The van der Waals surface area contributed by atoms with E-state index in [9.17, 15) is 4.79 Å². The Labute approximate surface area is 146 Å². The number of fused-ring (bicyclic) bond motifs is 1. The summed E-state index contributed by atoms with van der Waals surface area (Å²) in [5.41, 5.74) is 4.01. The number of benzene rings is 1. The third kappa shape index (κ3) is 4.35. The summed E-state index contributed by atoms with van der Waals surface area (Å²) >= 11 is 0. The van der Waals surface area contributed by atoms with Gasteiger partial charge in [0.15, 0.2) is 0 Å². The number of carbonyl (C=O) groups excluding carboxylic acids is 1. The van der Waals surface area contributed by atoms with Crippen LogP contribution in [-0.4, -0.2) is 10.8 Å². The highest BCUT2D eigenvalue weighted by atomic mass is 16.2. The second kappa shape index (κ2) is 9.71. The molecular weight excluding hydrogens is 294 g/mol. The van der Waals surface area contributed by atoms with Gasteiger partial charge in [0.05, 0.1) is 12.2 Å². The molecule has 2 rings (SSSR count). The highest BCUT2D eigenvalue weighted by Gasteiger charge is 2.24. The Morgan fingerprint density at radius 1 is 1.21 bits per heavy atom. The van der Waals surface area contributed by atoms with Crippen molar-refractivity contribution in [1.82, 2.24) is 4.90 Å². The Morgan fingerprint density at radius 3 is 2.46 bits per heavy atom.